The molecule has 0 aromatic heterocycles. The Hall–Kier alpha value is -1.31. The number of ether oxygens (including phenoxy) is 1. The highest BCUT2D eigenvalue weighted by Gasteiger charge is 1.89. The van der Waals surface area contributed by atoms with E-state index in [1.165, 1.54) is 6.21 Å². The molecule has 0 aliphatic heterocycles. The molecule has 1 rings (SSSR count). The number of nitrogens with one attached hydrogen (secondary N) is 1. The van der Waals surface area contributed by atoms with Gasteiger partial charge in [0, 0.05) is 6.21 Å². The molecule has 52 valence electrons. The molecule has 0 atom stereocenters. The molecular formula is C8H9NO. The predicted octanol–water partition coefficient (Wildman–Crippen LogP) is 1.69. The minimum atomic E-state index is 0.793. The van der Waals surface area contributed by atoms with Crippen LogP contribution in [0.1, 0.15) is 5.56 Å². The third-order valence-electron chi connectivity index (χ3n) is 1.26. The summed E-state index contributed by atoms with van der Waals surface area (Å²) in [4.78, 5) is 0. The molecule has 2 nitrogen and oxygen atoms in total. The summed E-state index contributed by atoms with van der Waals surface area (Å²) in [5.41, 5.74) is 0.861. The summed E-state index contributed by atoms with van der Waals surface area (Å²) < 4.78 is 4.95. The van der Waals surface area contributed by atoms with E-state index in [9.17, 15) is 0 Å². The topological polar surface area (TPSA) is 33.1 Å². The van der Waals surface area contributed by atoms with E-state index in [1.54, 1.807) is 7.11 Å². The van der Waals surface area contributed by atoms with E-state index >= 15 is 0 Å². The van der Waals surface area contributed by atoms with E-state index in [0.717, 1.165) is 11.3 Å². The molecule has 0 saturated carbocycles. The van der Waals surface area contributed by atoms with Gasteiger partial charge in [-0.1, -0.05) is 12.1 Å². The molecule has 1 N–H and O–H groups in total. The largest absolute Gasteiger partial charge is 0.497 e. The maximum Gasteiger partial charge on any atom is 0.119 e. The van der Waals surface area contributed by atoms with Gasteiger partial charge in [0.1, 0.15) is 5.75 Å². The Labute approximate surface area is 60.0 Å². The van der Waals surface area contributed by atoms with Crippen LogP contribution < -0.4 is 4.74 Å². The monoisotopic (exact) mass is 135 g/mol. The molecule has 0 fully saturated rings. The Kier molecular flexibility index (Phi) is 2.05. The van der Waals surface area contributed by atoms with Gasteiger partial charge in [0.05, 0.1) is 7.11 Å². The van der Waals surface area contributed by atoms with Gasteiger partial charge in [0.25, 0.3) is 0 Å². The lowest BCUT2D eigenvalue weighted by molar-refractivity contribution is 0.415. The van der Waals surface area contributed by atoms with Crippen LogP contribution >= 0.6 is 0 Å². The molecule has 0 bridgehead atoms. The van der Waals surface area contributed by atoms with Gasteiger partial charge in [-0.15, -0.1) is 0 Å². The number of rotatable bonds is 2. The van der Waals surface area contributed by atoms with Crippen LogP contribution in [0.5, 0.6) is 5.75 Å². The highest BCUT2D eigenvalue weighted by atomic mass is 16.5. The molecule has 1 aromatic rings. The number of hydrogen-bond donors (Lipinski definition) is 1. The van der Waals surface area contributed by atoms with Gasteiger partial charge in [-0.25, -0.2) is 0 Å². The van der Waals surface area contributed by atoms with Crippen molar-refractivity contribution >= 4 is 6.21 Å². The second-order valence-electron chi connectivity index (χ2n) is 1.92. The Bertz CT molecular complexity index is 232. The first-order valence-corrected chi connectivity index (χ1v) is 3.01. The normalized spacial score (nSPS) is 8.90. The molecule has 0 amide bonds. The molecular weight excluding hydrogens is 126 g/mol. The third-order valence-corrected chi connectivity index (χ3v) is 1.26. The van der Waals surface area contributed by atoms with E-state index in [1.807, 2.05) is 24.3 Å². The zero-order valence-corrected chi connectivity index (χ0v) is 5.79. The van der Waals surface area contributed by atoms with Crippen LogP contribution in [-0.2, 0) is 0 Å². The SMILES string of the molecule is COc1cccc(C=N)c1. The lowest BCUT2D eigenvalue weighted by Gasteiger charge is -1.98. The van der Waals surface area contributed by atoms with Crippen molar-refractivity contribution in [1.29, 1.82) is 5.41 Å². The first-order valence-electron chi connectivity index (χ1n) is 3.01. The van der Waals surface area contributed by atoms with Gasteiger partial charge in [-0.3, -0.25) is 0 Å². The van der Waals surface area contributed by atoms with E-state index in [4.69, 9.17) is 10.1 Å². The third kappa shape index (κ3) is 1.35. The van der Waals surface area contributed by atoms with Gasteiger partial charge in [-0.05, 0) is 17.7 Å². The van der Waals surface area contributed by atoms with Crippen molar-refractivity contribution in [3.63, 3.8) is 0 Å². The van der Waals surface area contributed by atoms with Crippen LogP contribution in [0, 0.1) is 5.41 Å². The summed E-state index contributed by atoms with van der Waals surface area (Å²) in [6.07, 6.45) is 1.29. The predicted molar refractivity (Wildman–Crippen MR) is 40.9 cm³/mol. The van der Waals surface area contributed by atoms with Crippen molar-refractivity contribution < 1.29 is 4.74 Å². The van der Waals surface area contributed by atoms with Crippen LogP contribution in [0.4, 0.5) is 0 Å². The lowest BCUT2D eigenvalue weighted by atomic mass is 10.2. The maximum absolute atomic E-state index is 6.93. The van der Waals surface area contributed by atoms with Crippen LogP contribution in [0.25, 0.3) is 0 Å². The van der Waals surface area contributed by atoms with Gasteiger partial charge in [0.2, 0.25) is 0 Å². The van der Waals surface area contributed by atoms with Gasteiger partial charge in [-0.2, -0.15) is 0 Å². The minimum Gasteiger partial charge on any atom is -0.497 e. The second-order valence-corrected chi connectivity index (χ2v) is 1.92. The van der Waals surface area contributed by atoms with Crippen LogP contribution in [0.3, 0.4) is 0 Å². The van der Waals surface area contributed by atoms with Crippen LogP contribution in [0.15, 0.2) is 24.3 Å². The minimum absolute atomic E-state index is 0.793. The summed E-state index contributed by atoms with van der Waals surface area (Å²) >= 11 is 0. The molecule has 0 radical (unpaired) electrons. The highest BCUT2D eigenvalue weighted by Crippen LogP contribution is 2.10. The number of hydrogen-bond acceptors (Lipinski definition) is 2. The van der Waals surface area contributed by atoms with Crippen molar-refractivity contribution in [1.82, 2.24) is 0 Å². The van der Waals surface area contributed by atoms with Crippen molar-refractivity contribution in [2.75, 3.05) is 7.11 Å². The quantitative estimate of drug-likeness (QED) is 0.615. The average Bonchev–Trinajstić information content (AvgIpc) is 2.05. The fraction of sp³-hybridized carbons (Fsp3) is 0.125. The van der Waals surface area contributed by atoms with Crippen molar-refractivity contribution in [2.45, 2.75) is 0 Å². The smallest absolute Gasteiger partial charge is 0.119 e. The molecule has 10 heavy (non-hydrogen) atoms. The summed E-state index contributed by atoms with van der Waals surface area (Å²) in [5, 5.41) is 6.93. The fourth-order valence-corrected chi connectivity index (χ4v) is 0.731. The van der Waals surface area contributed by atoms with Crippen molar-refractivity contribution in [2.24, 2.45) is 0 Å². The molecule has 0 saturated heterocycles. The highest BCUT2D eigenvalue weighted by molar-refractivity contribution is 5.77. The molecule has 0 heterocycles. The molecule has 0 aliphatic rings. The maximum atomic E-state index is 6.93. The Morgan fingerprint density at radius 1 is 1.50 bits per heavy atom. The van der Waals surface area contributed by atoms with E-state index in [2.05, 4.69) is 0 Å². The summed E-state index contributed by atoms with van der Waals surface area (Å²) in [6, 6.07) is 7.38. The van der Waals surface area contributed by atoms with Crippen LogP contribution in [0.2, 0.25) is 0 Å². The first kappa shape index (κ1) is 6.81. The van der Waals surface area contributed by atoms with Crippen LogP contribution in [-0.4, -0.2) is 13.3 Å². The van der Waals surface area contributed by atoms with E-state index < -0.39 is 0 Å². The number of benzene rings is 1. The van der Waals surface area contributed by atoms with Gasteiger partial charge in [0.15, 0.2) is 0 Å². The fourth-order valence-electron chi connectivity index (χ4n) is 0.731. The first-order chi connectivity index (χ1) is 4.86. The molecule has 2 heteroatoms. The summed E-state index contributed by atoms with van der Waals surface area (Å²) in [6.45, 7) is 0. The zero-order chi connectivity index (χ0) is 7.40. The molecule has 0 aliphatic carbocycles. The van der Waals surface area contributed by atoms with Gasteiger partial charge < -0.3 is 10.1 Å². The molecule has 0 unspecified atom stereocenters. The Balaban J connectivity index is 2.98. The zero-order valence-electron chi connectivity index (χ0n) is 5.79. The summed E-state index contributed by atoms with van der Waals surface area (Å²) in [5.74, 6) is 0.793. The van der Waals surface area contributed by atoms with Crippen molar-refractivity contribution in [3.8, 4) is 5.75 Å². The second kappa shape index (κ2) is 3.01. The summed E-state index contributed by atoms with van der Waals surface area (Å²) in [7, 11) is 1.61. The molecule has 0 spiro atoms. The van der Waals surface area contributed by atoms with E-state index in [-0.39, 0.29) is 0 Å². The number of methoxy groups -OCH3 is 1. The van der Waals surface area contributed by atoms with Gasteiger partial charge >= 0.3 is 0 Å². The lowest BCUT2D eigenvalue weighted by Crippen LogP contribution is -1.84. The average molecular weight is 135 g/mol. The van der Waals surface area contributed by atoms with Crippen molar-refractivity contribution in [3.05, 3.63) is 29.8 Å². The van der Waals surface area contributed by atoms with E-state index in [0.29, 0.717) is 0 Å². The Morgan fingerprint density at radius 2 is 2.30 bits per heavy atom. The standard InChI is InChI=1S/C8H9NO/c1-10-8-4-2-3-7(5-8)6-9/h2-6,9H,1H3. The molecule has 1 aromatic carbocycles. The Morgan fingerprint density at radius 3 is 2.90 bits per heavy atom.